The minimum Gasteiger partial charge on any atom is -0.380 e. The molecule has 1 aromatic rings. The van der Waals surface area contributed by atoms with Gasteiger partial charge in [0.25, 0.3) is 0 Å². The first-order valence-corrected chi connectivity index (χ1v) is 8.61. The van der Waals surface area contributed by atoms with Crippen LogP contribution in [0.15, 0.2) is 17.5 Å². The third-order valence-electron chi connectivity index (χ3n) is 3.75. The molecule has 1 amide bonds. The third kappa shape index (κ3) is 3.84. The van der Waals surface area contributed by atoms with Crippen LogP contribution in [-0.2, 0) is 9.53 Å². The summed E-state index contributed by atoms with van der Waals surface area (Å²) < 4.78 is 5.52. The molecular weight excluding hydrogens is 284 g/mol. The molecule has 0 spiro atoms. The van der Waals surface area contributed by atoms with Gasteiger partial charge >= 0.3 is 0 Å². The summed E-state index contributed by atoms with van der Waals surface area (Å²) in [6.45, 7) is 9.62. The molecule has 118 valence electrons. The average Bonchev–Trinajstić information content (AvgIpc) is 3.05. The van der Waals surface area contributed by atoms with Crippen LogP contribution < -0.4 is 5.32 Å². The average molecular weight is 310 g/mol. The number of hydrogen-bond acceptors (Lipinski definition) is 4. The Morgan fingerprint density at radius 2 is 2.19 bits per heavy atom. The van der Waals surface area contributed by atoms with Crippen LogP contribution in [-0.4, -0.2) is 36.1 Å². The van der Waals surface area contributed by atoms with Gasteiger partial charge in [0.1, 0.15) is 6.17 Å². The van der Waals surface area contributed by atoms with Gasteiger partial charge in [0, 0.05) is 11.5 Å². The molecule has 1 saturated heterocycles. The van der Waals surface area contributed by atoms with E-state index in [2.05, 4.69) is 37.5 Å². The van der Waals surface area contributed by atoms with E-state index >= 15 is 0 Å². The van der Waals surface area contributed by atoms with Crippen LogP contribution in [0.1, 0.15) is 45.2 Å². The van der Waals surface area contributed by atoms with E-state index < -0.39 is 0 Å². The number of rotatable bonds is 7. The van der Waals surface area contributed by atoms with E-state index in [1.165, 1.54) is 4.88 Å². The molecular formula is C16H26N2O2S. The van der Waals surface area contributed by atoms with Gasteiger partial charge in [-0.1, -0.05) is 19.9 Å². The zero-order valence-electron chi connectivity index (χ0n) is 13.3. The molecule has 1 N–H and O–H groups in total. The highest BCUT2D eigenvalue weighted by Crippen LogP contribution is 2.32. The molecule has 3 atom stereocenters. The zero-order chi connectivity index (χ0) is 15.4. The van der Waals surface area contributed by atoms with Gasteiger partial charge in [-0.2, -0.15) is 0 Å². The lowest BCUT2D eigenvalue weighted by Crippen LogP contribution is -2.41. The molecule has 1 aliphatic heterocycles. The van der Waals surface area contributed by atoms with E-state index in [1.807, 2.05) is 17.9 Å². The van der Waals surface area contributed by atoms with Gasteiger partial charge < -0.3 is 9.64 Å². The van der Waals surface area contributed by atoms with E-state index in [1.54, 1.807) is 11.3 Å². The van der Waals surface area contributed by atoms with Crippen molar-refractivity contribution >= 4 is 17.2 Å². The molecule has 1 fully saturated rings. The van der Waals surface area contributed by atoms with E-state index in [4.69, 9.17) is 4.74 Å². The molecule has 0 saturated carbocycles. The first-order valence-electron chi connectivity index (χ1n) is 7.74. The predicted molar refractivity (Wildman–Crippen MR) is 86.2 cm³/mol. The Hall–Kier alpha value is -0.910. The number of ether oxygens (including phenoxy) is 1. The largest absolute Gasteiger partial charge is 0.380 e. The van der Waals surface area contributed by atoms with Crippen molar-refractivity contribution in [2.75, 3.05) is 13.2 Å². The monoisotopic (exact) mass is 310 g/mol. The fourth-order valence-corrected chi connectivity index (χ4v) is 3.58. The normalized spacial score (nSPS) is 24.0. The van der Waals surface area contributed by atoms with Crippen molar-refractivity contribution < 1.29 is 9.53 Å². The first-order chi connectivity index (χ1) is 10.0. The fourth-order valence-electron chi connectivity index (χ4n) is 2.80. The maximum Gasteiger partial charge on any atom is 0.241 e. The second-order valence-electron chi connectivity index (χ2n) is 6.02. The van der Waals surface area contributed by atoms with Crippen molar-refractivity contribution in [3.05, 3.63) is 22.4 Å². The van der Waals surface area contributed by atoms with Crippen molar-refractivity contribution in [3.63, 3.8) is 0 Å². The summed E-state index contributed by atoms with van der Waals surface area (Å²) in [7, 11) is 0. The van der Waals surface area contributed by atoms with Gasteiger partial charge in [0.05, 0.1) is 18.7 Å². The zero-order valence-corrected chi connectivity index (χ0v) is 14.2. The van der Waals surface area contributed by atoms with Gasteiger partial charge in [0.2, 0.25) is 5.91 Å². The summed E-state index contributed by atoms with van der Waals surface area (Å²) >= 11 is 1.69. The molecule has 0 aliphatic carbocycles. The third-order valence-corrected chi connectivity index (χ3v) is 4.67. The number of carbonyl (C=O) groups is 1. The Bertz CT molecular complexity index is 447. The van der Waals surface area contributed by atoms with Crippen LogP contribution in [0.3, 0.4) is 0 Å². The van der Waals surface area contributed by atoms with Gasteiger partial charge in [-0.15, -0.1) is 11.3 Å². The van der Waals surface area contributed by atoms with Crippen LogP contribution in [0.5, 0.6) is 0 Å². The second kappa shape index (κ2) is 7.38. The summed E-state index contributed by atoms with van der Waals surface area (Å²) in [4.78, 5) is 15.9. The molecule has 21 heavy (non-hydrogen) atoms. The Morgan fingerprint density at radius 3 is 2.76 bits per heavy atom. The van der Waals surface area contributed by atoms with Crippen LogP contribution in [0.25, 0.3) is 0 Å². The van der Waals surface area contributed by atoms with E-state index in [9.17, 15) is 4.79 Å². The van der Waals surface area contributed by atoms with Crippen molar-refractivity contribution in [2.24, 2.45) is 5.92 Å². The van der Waals surface area contributed by atoms with Crippen molar-refractivity contribution in [1.29, 1.82) is 0 Å². The molecule has 1 aromatic heterocycles. The van der Waals surface area contributed by atoms with Crippen LogP contribution in [0, 0.1) is 5.92 Å². The number of thiophene rings is 1. The Balaban J connectivity index is 2.17. The summed E-state index contributed by atoms with van der Waals surface area (Å²) in [5.74, 6) is 0.701. The standard InChI is InChI=1S/C16H26N2O2S/c1-5-20-10-12(4)18-15(14-7-6-8-21-14)17-13(16(18)19)9-11(2)3/h6-8,11-13,15,17H,5,9-10H2,1-4H3. The lowest BCUT2D eigenvalue weighted by atomic mass is 10.0. The molecule has 5 heteroatoms. The molecule has 0 radical (unpaired) electrons. The quantitative estimate of drug-likeness (QED) is 0.842. The SMILES string of the molecule is CCOCC(C)N1C(=O)C(CC(C)C)NC1c1cccs1. The highest BCUT2D eigenvalue weighted by Gasteiger charge is 2.42. The lowest BCUT2D eigenvalue weighted by molar-refractivity contribution is -0.133. The molecule has 3 unspecified atom stereocenters. The van der Waals surface area contributed by atoms with Crippen molar-refractivity contribution in [3.8, 4) is 0 Å². The number of nitrogens with one attached hydrogen (secondary N) is 1. The Labute approximate surface area is 131 Å². The predicted octanol–water partition coefficient (Wildman–Crippen LogP) is 3.02. The Kier molecular flexibility index (Phi) is 5.79. The number of amides is 1. The van der Waals surface area contributed by atoms with E-state index in [0.717, 1.165) is 6.42 Å². The molecule has 4 nitrogen and oxygen atoms in total. The number of carbonyl (C=O) groups excluding carboxylic acids is 1. The van der Waals surface area contributed by atoms with Crippen LogP contribution >= 0.6 is 11.3 Å². The minimum absolute atomic E-state index is 0.0169. The van der Waals surface area contributed by atoms with Gasteiger partial charge in [-0.3, -0.25) is 10.1 Å². The smallest absolute Gasteiger partial charge is 0.241 e. The van der Waals surface area contributed by atoms with Gasteiger partial charge in [0.15, 0.2) is 0 Å². The highest BCUT2D eigenvalue weighted by molar-refractivity contribution is 7.10. The summed E-state index contributed by atoms with van der Waals surface area (Å²) in [5, 5.41) is 5.57. The topological polar surface area (TPSA) is 41.6 Å². The number of nitrogens with zero attached hydrogens (tertiary/aromatic N) is 1. The fraction of sp³-hybridized carbons (Fsp3) is 0.688. The summed E-state index contributed by atoms with van der Waals surface area (Å²) in [6.07, 6.45) is 0.857. The summed E-state index contributed by atoms with van der Waals surface area (Å²) in [6, 6.07) is 4.12. The maximum absolute atomic E-state index is 12.8. The first kappa shape index (κ1) is 16.5. The molecule has 0 aromatic carbocycles. The molecule has 2 heterocycles. The van der Waals surface area contributed by atoms with Crippen LogP contribution in [0.2, 0.25) is 0 Å². The van der Waals surface area contributed by atoms with E-state index in [-0.39, 0.29) is 24.2 Å². The highest BCUT2D eigenvalue weighted by atomic mass is 32.1. The van der Waals surface area contributed by atoms with Crippen molar-refractivity contribution in [2.45, 2.75) is 52.4 Å². The molecule has 1 aliphatic rings. The molecule has 0 bridgehead atoms. The number of hydrogen-bond donors (Lipinski definition) is 1. The van der Waals surface area contributed by atoms with Crippen LogP contribution in [0.4, 0.5) is 0 Å². The Morgan fingerprint density at radius 1 is 1.43 bits per heavy atom. The van der Waals surface area contributed by atoms with E-state index in [0.29, 0.717) is 19.1 Å². The molecule has 2 rings (SSSR count). The second-order valence-corrected chi connectivity index (χ2v) is 7.00. The van der Waals surface area contributed by atoms with Crippen molar-refractivity contribution in [1.82, 2.24) is 10.2 Å². The lowest BCUT2D eigenvalue weighted by Gasteiger charge is -2.29. The summed E-state index contributed by atoms with van der Waals surface area (Å²) in [5.41, 5.74) is 0. The minimum atomic E-state index is -0.0822. The maximum atomic E-state index is 12.8. The van der Waals surface area contributed by atoms with Gasteiger partial charge in [-0.25, -0.2) is 0 Å². The van der Waals surface area contributed by atoms with Gasteiger partial charge in [-0.05, 0) is 37.6 Å².